The number of aryl methyl sites for hydroxylation is 1. The lowest BCUT2D eigenvalue weighted by molar-refractivity contribution is 0.532. The average Bonchev–Trinajstić information content (AvgIpc) is 2.66. The Bertz CT molecular complexity index is 452. The zero-order valence-corrected chi connectivity index (χ0v) is 8.69. The topological polar surface area (TPSA) is 63.8 Å². The lowest BCUT2D eigenvalue weighted by atomic mass is 10.2. The molecule has 0 amide bonds. The summed E-state index contributed by atoms with van der Waals surface area (Å²) in [6.45, 7) is 2.54. The molecule has 0 aliphatic rings. The van der Waals surface area contributed by atoms with Gasteiger partial charge in [0.15, 0.2) is 0 Å². The van der Waals surface area contributed by atoms with Gasteiger partial charge >= 0.3 is 0 Å². The van der Waals surface area contributed by atoms with E-state index in [4.69, 9.17) is 4.42 Å². The van der Waals surface area contributed by atoms with E-state index < -0.39 is 0 Å². The van der Waals surface area contributed by atoms with Crippen molar-refractivity contribution in [2.45, 2.75) is 13.5 Å². The first-order chi connectivity index (χ1) is 7.29. The Morgan fingerprint density at radius 3 is 2.87 bits per heavy atom. The Kier molecular flexibility index (Phi) is 2.73. The maximum absolute atomic E-state index is 5.32. The Labute approximate surface area is 87.6 Å². The summed E-state index contributed by atoms with van der Waals surface area (Å²) in [6.07, 6.45) is 3.52. The first-order valence-electron chi connectivity index (χ1n) is 4.68. The summed E-state index contributed by atoms with van der Waals surface area (Å²) in [7, 11) is 1.89. The van der Waals surface area contributed by atoms with Crippen LogP contribution in [0.2, 0.25) is 0 Å². The molecule has 0 aliphatic carbocycles. The van der Waals surface area contributed by atoms with Crippen LogP contribution in [0.3, 0.4) is 0 Å². The minimum Gasteiger partial charge on any atom is -0.421 e. The van der Waals surface area contributed by atoms with E-state index in [2.05, 4.69) is 20.5 Å². The van der Waals surface area contributed by atoms with Gasteiger partial charge in [0.1, 0.15) is 0 Å². The largest absolute Gasteiger partial charge is 0.421 e. The minimum atomic E-state index is 0.512. The highest BCUT2D eigenvalue weighted by molar-refractivity contribution is 5.51. The zero-order valence-electron chi connectivity index (χ0n) is 8.69. The van der Waals surface area contributed by atoms with Crippen molar-refractivity contribution in [2.24, 2.45) is 0 Å². The molecule has 0 aromatic carbocycles. The number of rotatable bonds is 3. The van der Waals surface area contributed by atoms with Crippen molar-refractivity contribution < 1.29 is 4.42 Å². The Hall–Kier alpha value is -1.75. The van der Waals surface area contributed by atoms with Crippen LogP contribution in [0.15, 0.2) is 22.9 Å². The fourth-order valence-corrected chi connectivity index (χ4v) is 1.32. The van der Waals surface area contributed by atoms with Gasteiger partial charge in [-0.2, -0.15) is 0 Å². The van der Waals surface area contributed by atoms with Gasteiger partial charge in [-0.25, -0.2) is 0 Å². The highest BCUT2D eigenvalue weighted by atomic mass is 16.4. The monoisotopic (exact) mass is 204 g/mol. The van der Waals surface area contributed by atoms with Gasteiger partial charge in [0, 0.05) is 25.9 Å². The van der Waals surface area contributed by atoms with Crippen molar-refractivity contribution in [3.05, 3.63) is 29.9 Å². The van der Waals surface area contributed by atoms with Crippen LogP contribution >= 0.6 is 0 Å². The highest BCUT2D eigenvalue weighted by Gasteiger charge is 2.06. The molecule has 2 heterocycles. The van der Waals surface area contributed by atoms with Gasteiger partial charge in [-0.05, 0) is 18.7 Å². The van der Waals surface area contributed by atoms with E-state index >= 15 is 0 Å². The molecule has 78 valence electrons. The van der Waals surface area contributed by atoms with E-state index in [1.165, 1.54) is 0 Å². The fourth-order valence-electron chi connectivity index (χ4n) is 1.32. The second-order valence-electron chi connectivity index (χ2n) is 3.24. The first-order valence-corrected chi connectivity index (χ1v) is 4.68. The summed E-state index contributed by atoms with van der Waals surface area (Å²) < 4.78 is 5.32. The number of nitrogens with zero attached hydrogens (tertiary/aromatic N) is 3. The lowest BCUT2D eigenvalue weighted by Gasteiger charge is -2.00. The van der Waals surface area contributed by atoms with Gasteiger partial charge in [0.05, 0.1) is 5.56 Å². The lowest BCUT2D eigenvalue weighted by Crippen LogP contribution is -2.05. The summed E-state index contributed by atoms with van der Waals surface area (Å²) in [5.41, 5.74) is 1.94. The summed E-state index contributed by atoms with van der Waals surface area (Å²) in [4.78, 5) is 4.12. The standard InChI is InChI=1S/C10H12N4O/c1-7-13-14-10(15-7)9-3-8(4-11-2)5-12-6-9/h3,5-6,11H,4H2,1-2H3. The molecule has 2 rings (SSSR count). The molecule has 1 N–H and O–H groups in total. The molecule has 0 fully saturated rings. The Balaban J connectivity index is 2.32. The van der Waals surface area contributed by atoms with Crippen molar-refractivity contribution in [2.75, 3.05) is 7.05 Å². The molecule has 0 saturated heterocycles. The Morgan fingerprint density at radius 2 is 2.20 bits per heavy atom. The maximum atomic E-state index is 5.32. The van der Waals surface area contributed by atoms with Crippen molar-refractivity contribution in [1.29, 1.82) is 0 Å². The number of nitrogens with one attached hydrogen (secondary N) is 1. The Morgan fingerprint density at radius 1 is 1.33 bits per heavy atom. The summed E-state index contributed by atoms with van der Waals surface area (Å²) in [5.74, 6) is 1.07. The van der Waals surface area contributed by atoms with Crippen LogP contribution in [-0.4, -0.2) is 22.2 Å². The molecule has 5 heteroatoms. The predicted molar refractivity (Wildman–Crippen MR) is 55.0 cm³/mol. The van der Waals surface area contributed by atoms with Crippen molar-refractivity contribution in [3.63, 3.8) is 0 Å². The quantitative estimate of drug-likeness (QED) is 0.812. The fraction of sp³-hybridized carbons (Fsp3) is 0.300. The third kappa shape index (κ3) is 2.19. The van der Waals surface area contributed by atoms with Crippen LogP contribution in [0, 0.1) is 6.92 Å². The SMILES string of the molecule is CNCc1cncc(-c2nnc(C)o2)c1. The summed E-state index contributed by atoms with van der Waals surface area (Å²) in [6, 6.07) is 1.98. The molecule has 2 aromatic heterocycles. The van der Waals surface area contributed by atoms with Crippen LogP contribution in [0.5, 0.6) is 0 Å². The normalized spacial score (nSPS) is 10.5. The van der Waals surface area contributed by atoms with E-state index in [1.54, 1.807) is 13.1 Å². The van der Waals surface area contributed by atoms with Crippen LogP contribution < -0.4 is 5.32 Å². The molecule has 5 nitrogen and oxygen atoms in total. The van der Waals surface area contributed by atoms with E-state index in [1.807, 2.05) is 19.3 Å². The smallest absolute Gasteiger partial charge is 0.249 e. The molecule has 0 spiro atoms. The van der Waals surface area contributed by atoms with E-state index in [0.717, 1.165) is 17.7 Å². The summed E-state index contributed by atoms with van der Waals surface area (Å²) >= 11 is 0. The molecule has 0 aliphatic heterocycles. The van der Waals surface area contributed by atoms with Crippen LogP contribution in [-0.2, 0) is 6.54 Å². The van der Waals surface area contributed by atoms with Crippen LogP contribution in [0.4, 0.5) is 0 Å². The van der Waals surface area contributed by atoms with E-state index in [0.29, 0.717) is 11.8 Å². The molecule has 15 heavy (non-hydrogen) atoms. The minimum absolute atomic E-state index is 0.512. The van der Waals surface area contributed by atoms with Gasteiger partial charge < -0.3 is 9.73 Å². The number of aromatic nitrogens is 3. The van der Waals surface area contributed by atoms with Crippen molar-refractivity contribution in [1.82, 2.24) is 20.5 Å². The molecular weight excluding hydrogens is 192 g/mol. The maximum Gasteiger partial charge on any atom is 0.249 e. The van der Waals surface area contributed by atoms with Gasteiger partial charge in [0.2, 0.25) is 11.8 Å². The third-order valence-corrected chi connectivity index (χ3v) is 1.95. The predicted octanol–water partition coefficient (Wildman–Crippen LogP) is 1.16. The highest BCUT2D eigenvalue weighted by Crippen LogP contribution is 2.17. The van der Waals surface area contributed by atoms with Gasteiger partial charge in [-0.1, -0.05) is 0 Å². The summed E-state index contributed by atoms with van der Waals surface area (Å²) in [5, 5.41) is 10.8. The molecule has 0 atom stereocenters. The second kappa shape index (κ2) is 4.18. The van der Waals surface area contributed by atoms with E-state index in [-0.39, 0.29) is 0 Å². The zero-order chi connectivity index (χ0) is 10.7. The van der Waals surface area contributed by atoms with Gasteiger partial charge in [-0.15, -0.1) is 10.2 Å². The number of hydrogen-bond acceptors (Lipinski definition) is 5. The molecule has 0 saturated carbocycles. The van der Waals surface area contributed by atoms with Gasteiger partial charge in [0.25, 0.3) is 0 Å². The van der Waals surface area contributed by atoms with Gasteiger partial charge in [-0.3, -0.25) is 4.98 Å². The molecule has 0 bridgehead atoms. The first kappa shape index (κ1) is 9.79. The second-order valence-corrected chi connectivity index (χ2v) is 3.24. The third-order valence-electron chi connectivity index (χ3n) is 1.95. The number of hydrogen-bond donors (Lipinski definition) is 1. The van der Waals surface area contributed by atoms with Crippen molar-refractivity contribution >= 4 is 0 Å². The van der Waals surface area contributed by atoms with Crippen LogP contribution in [0.1, 0.15) is 11.5 Å². The number of pyridine rings is 1. The molecule has 2 aromatic rings. The molecule has 0 unspecified atom stereocenters. The van der Waals surface area contributed by atoms with E-state index in [9.17, 15) is 0 Å². The molecule has 0 radical (unpaired) electrons. The van der Waals surface area contributed by atoms with Crippen LogP contribution in [0.25, 0.3) is 11.5 Å². The molecular formula is C10H12N4O. The average molecular weight is 204 g/mol. The van der Waals surface area contributed by atoms with Crippen molar-refractivity contribution in [3.8, 4) is 11.5 Å².